The van der Waals surface area contributed by atoms with Crippen molar-refractivity contribution in [1.82, 2.24) is 15.1 Å². The molecule has 0 aliphatic carbocycles. The molecule has 1 spiro atoms. The Kier molecular flexibility index (Phi) is 11.9. The molecular weight excluding hydrogens is 622 g/mol. The number of amides is 3. The molecule has 1 aromatic carbocycles. The van der Waals surface area contributed by atoms with Crippen molar-refractivity contribution in [1.29, 1.82) is 0 Å². The lowest BCUT2D eigenvalue weighted by molar-refractivity contribution is -0.162. The van der Waals surface area contributed by atoms with Gasteiger partial charge in [-0.1, -0.05) is 77.1 Å². The minimum atomic E-state index is -1.26. The van der Waals surface area contributed by atoms with Crippen LogP contribution in [-0.4, -0.2) is 87.6 Å². The summed E-state index contributed by atoms with van der Waals surface area (Å²) in [5.41, 5.74) is -1.26. The number of ether oxygens (including phenoxy) is 2. The van der Waals surface area contributed by atoms with E-state index < -0.39 is 53.2 Å². The number of hydrogen-bond donors (Lipinski definition) is 2. The molecule has 3 heterocycles. The van der Waals surface area contributed by atoms with Crippen molar-refractivity contribution in [2.45, 2.75) is 116 Å². The van der Waals surface area contributed by atoms with Crippen LogP contribution in [0.5, 0.6) is 0 Å². The van der Waals surface area contributed by atoms with Gasteiger partial charge in [0.2, 0.25) is 17.7 Å². The zero-order valence-electron chi connectivity index (χ0n) is 30.4. The largest absolute Gasteiger partial charge is 0.455 e. The third-order valence-corrected chi connectivity index (χ3v) is 10.3. The minimum absolute atomic E-state index is 0.0558. The van der Waals surface area contributed by atoms with E-state index in [9.17, 15) is 19.5 Å². The van der Waals surface area contributed by atoms with Gasteiger partial charge < -0.3 is 29.7 Å². The van der Waals surface area contributed by atoms with E-state index in [1.54, 1.807) is 17.1 Å². The number of carbonyl (C=O) groups is 4. The highest BCUT2D eigenvalue weighted by atomic mass is 16.6. The van der Waals surface area contributed by atoms with Crippen LogP contribution in [0.1, 0.15) is 92.2 Å². The molecule has 49 heavy (non-hydrogen) atoms. The van der Waals surface area contributed by atoms with Crippen LogP contribution in [0.2, 0.25) is 0 Å². The van der Waals surface area contributed by atoms with E-state index in [4.69, 9.17) is 9.47 Å². The van der Waals surface area contributed by atoms with E-state index >= 15 is 4.79 Å². The summed E-state index contributed by atoms with van der Waals surface area (Å²) in [5, 5.41) is 13.5. The lowest BCUT2D eigenvalue weighted by atomic mass is 9.70. The molecule has 3 fully saturated rings. The molecule has 3 aliphatic rings. The van der Waals surface area contributed by atoms with Crippen LogP contribution < -0.4 is 5.32 Å². The van der Waals surface area contributed by atoms with Crippen LogP contribution in [-0.2, 0) is 28.7 Å². The Labute approximate surface area is 292 Å². The van der Waals surface area contributed by atoms with Gasteiger partial charge in [0.15, 0.2) is 0 Å². The van der Waals surface area contributed by atoms with Gasteiger partial charge in [0.05, 0.1) is 37.1 Å². The topological polar surface area (TPSA) is 125 Å². The van der Waals surface area contributed by atoms with Gasteiger partial charge in [-0.25, -0.2) is 0 Å². The fourth-order valence-corrected chi connectivity index (χ4v) is 8.56. The van der Waals surface area contributed by atoms with Crippen molar-refractivity contribution in [2.75, 3.05) is 19.7 Å². The predicted molar refractivity (Wildman–Crippen MR) is 188 cm³/mol. The second-order valence-electron chi connectivity index (χ2n) is 16.1. The Morgan fingerprint density at radius 3 is 2.39 bits per heavy atom. The zero-order valence-corrected chi connectivity index (χ0v) is 30.4. The fraction of sp³-hybridized carbons (Fsp3) is 0.641. The quantitative estimate of drug-likeness (QED) is 0.187. The van der Waals surface area contributed by atoms with Crippen LogP contribution >= 0.6 is 0 Å². The Bertz CT molecular complexity index is 1390. The fourth-order valence-electron chi connectivity index (χ4n) is 8.56. The lowest BCUT2D eigenvalue weighted by Crippen LogP contribution is -2.63. The monoisotopic (exact) mass is 679 g/mol. The molecule has 3 saturated heterocycles. The number of likely N-dealkylation sites (tertiary alicyclic amines) is 1. The van der Waals surface area contributed by atoms with Gasteiger partial charge in [-0.15, -0.1) is 13.2 Å². The van der Waals surface area contributed by atoms with Crippen LogP contribution in [0.4, 0.5) is 0 Å². The summed E-state index contributed by atoms with van der Waals surface area (Å²) >= 11 is 0. The first-order valence-electron chi connectivity index (χ1n) is 17.7. The van der Waals surface area contributed by atoms with Gasteiger partial charge in [0, 0.05) is 18.5 Å². The second kappa shape index (κ2) is 15.2. The van der Waals surface area contributed by atoms with Gasteiger partial charge in [-0.05, 0) is 56.4 Å². The molecule has 0 saturated carbocycles. The lowest BCUT2D eigenvalue weighted by Gasteiger charge is -2.46. The van der Waals surface area contributed by atoms with E-state index in [-0.39, 0.29) is 55.2 Å². The molecule has 3 amide bonds. The van der Waals surface area contributed by atoms with E-state index in [0.29, 0.717) is 31.2 Å². The summed E-state index contributed by atoms with van der Waals surface area (Å²) in [6.45, 7) is 21.8. The number of allylic oxidation sites excluding steroid dienone is 1. The smallest absolute Gasteiger partial charge is 0.313 e. The Hall–Kier alpha value is -3.50. The third-order valence-electron chi connectivity index (χ3n) is 10.3. The van der Waals surface area contributed by atoms with Crippen LogP contribution in [0, 0.1) is 23.2 Å². The maximum absolute atomic E-state index is 15.0. The first-order chi connectivity index (χ1) is 23.0. The third kappa shape index (κ3) is 7.80. The number of benzene rings is 1. The summed E-state index contributed by atoms with van der Waals surface area (Å²) in [5.74, 6) is -3.54. The number of aliphatic hydroxyl groups is 1. The van der Waals surface area contributed by atoms with Crippen molar-refractivity contribution in [3.63, 3.8) is 0 Å². The van der Waals surface area contributed by atoms with E-state index in [1.165, 1.54) is 4.90 Å². The maximum Gasteiger partial charge on any atom is 0.313 e. The average molecular weight is 680 g/mol. The molecule has 0 radical (unpaired) electrons. The molecule has 0 unspecified atom stereocenters. The molecule has 270 valence electrons. The highest BCUT2D eigenvalue weighted by Gasteiger charge is 2.76. The number of esters is 1. The number of carbonyl (C=O) groups excluding carboxylic acids is 4. The molecule has 10 heteroatoms. The van der Waals surface area contributed by atoms with Crippen LogP contribution in [0.3, 0.4) is 0 Å². The number of aliphatic hydroxyl groups excluding tert-OH is 1. The van der Waals surface area contributed by atoms with Gasteiger partial charge in [-0.3, -0.25) is 19.2 Å². The number of nitrogens with zero attached hydrogens (tertiary/aromatic N) is 2. The van der Waals surface area contributed by atoms with Crippen molar-refractivity contribution in [3.05, 3.63) is 61.2 Å². The Balaban J connectivity index is 1.72. The van der Waals surface area contributed by atoms with Gasteiger partial charge >= 0.3 is 5.97 Å². The SMILES string of the molecule is C=CCCC(=O)NC[C@H](OC(=O)[C@@H]1[C@@H]2CC[C@]3(O2)[C@H](C(=O)N(CC=C)C(C)(C)CC(C)(C)C)N([C@@H](CO)C(C)C)C(=O)[C@@H]13)c1ccccc1. The molecule has 4 rings (SSSR count). The number of rotatable bonds is 16. The number of nitrogens with one attached hydrogen (secondary N) is 1. The molecule has 1 aromatic rings. The average Bonchev–Trinajstić information content (AvgIpc) is 3.67. The standard InChI is InChI=1S/C39H57N3O7/c1-10-12-18-30(44)40-22-29(26-16-14-13-15-17-26)48-36(47)31-28-19-20-39(49-28)32(31)34(45)42(27(23-43)25(3)4)33(39)35(46)41(21-11-2)38(8,9)24-37(5,6)7/h10-11,13-17,25,27-29,31-33,43H,1-2,12,18-24H2,3-9H3,(H,40,44)/t27-,28-,29-,31+,32+,33-,39+/m0/s1. The molecular formula is C39H57N3O7. The summed E-state index contributed by atoms with van der Waals surface area (Å²) in [4.78, 5) is 59.8. The molecule has 10 nitrogen and oxygen atoms in total. The maximum atomic E-state index is 15.0. The van der Waals surface area contributed by atoms with Crippen molar-refractivity contribution < 1.29 is 33.8 Å². The van der Waals surface area contributed by atoms with Crippen molar-refractivity contribution >= 4 is 23.7 Å². The van der Waals surface area contributed by atoms with Crippen LogP contribution in [0.15, 0.2) is 55.6 Å². The summed E-state index contributed by atoms with van der Waals surface area (Å²) < 4.78 is 12.9. The summed E-state index contributed by atoms with van der Waals surface area (Å²) in [6, 6.07) is 7.46. The van der Waals surface area contributed by atoms with Gasteiger partial charge in [0.1, 0.15) is 17.7 Å². The molecule has 7 atom stereocenters. The van der Waals surface area contributed by atoms with Gasteiger partial charge in [-0.2, -0.15) is 0 Å². The first kappa shape index (κ1) is 38.3. The van der Waals surface area contributed by atoms with Crippen LogP contribution in [0.25, 0.3) is 0 Å². The normalized spacial score (nSPS) is 25.9. The molecule has 3 aliphatic heterocycles. The van der Waals surface area contributed by atoms with Gasteiger partial charge in [0.25, 0.3) is 0 Å². The van der Waals surface area contributed by atoms with Crippen molar-refractivity contribution in [2.24, 2.45) is 23.2 Å². The zero-order chi connectivity index (χ0) is 36.3. The van der Waals surface area contributed by atoms with Crippen molar-refractivity contribution in [3.8, 4) is 0 Å². The molecule has 2 bridgehead atoms. The minimum Gasteiger partial charge on any atom is -0.455 e. The molecule has 2 N–H and O–H groups in total. The van der Waals surface area contributed by atoms with E-state index in [2.05, 4.69) is 39.2 Å². The van der Waals surface area contributed by atoms with E-state index in [1.807, 2.05) is 58.0 Å². The summed E-state index contributed by atoms with van der Waals surface area (Å²) in [6.07, 6.45) is 4.32. The highest BCUT2D eigenvalue weighted by Crippen LogP contribution is 2.60. The second-order valence-corrected chi connectivity index (χ2v) is 16.1. The first-order valence-corrected chi connectivity index (χ1v) is 17.7. The number of hydrogen-bond acceptors (Lipinski definition) is 7. The number of fused-ring (bicyclic) bond motifs is 1. The van der Waals surface area contributed by atoms with E-state index in [0.717, 1.165) is 0 Å². The molecule has 0 aromatic heterocycles. The Morgan fingerprint density at radius 2 is 1.82 bits per heavy atom. The Morgan fingerprint density at radius 1 is 1.14 bits per heavy atom. The highest BCUT2D eigenvalue weighted by molar-refractivity contribution is 5.98. The predicted octanol–water partition coefficient (Wildman–Crippen LogP) is 4.97. The summed E-state index contributed by atoms with van der Waals surface area (Å²) in [7, 11) is 0.